The Bertz CT molecular complexity index is 390. The topological polar surface area (TPSA) is 35.9 Å². The van der Waals surface area contributed by atoms with E-state index in [0.29, 0.717) is 6.61 Å². The second-order valence-corrected chi connectivity index (χ2v) is 5.43. The molecule has 0 amide bonds. The number of piperazine rings is 1. The summed E-state index contributed by atoms with van der Waals surface area (Å²) in [7, 11) is 2.19. The molecule has 1 aromatic carbocycles. The second-order valence-electron chi connectivity index (χ2n) is 5.43. The highest BCUT2D eigenvalue weighted by molar-refractivity contribution is 5.33. The van der Waals surface area contributed by atoms with Crippen LogP contribution in [0.2, 0.25) is 0 Å². The molecule has 1 aliphatic rings. The lowest BCUT2D eigenvalue weighted by Crippen LogP contribution is -2.44. The van der Waals surface area contributed by atoms with Gasteiger partial charge in [0.05, 0.1) is 6.61 Å². The molecule has 4 heteroatoms. The maximum Gasteiger partial charge on any atom is 0.122 e. The lowest BCUT2D eigenvalue weighted by molar-refractivity contribution is 0.153. The van der Waals surface area contributed by atoms with Gasteiger partial charge in [0.15, 0.2) is 0 Å². The Morgan fingerprint density at radius 2 is 1.90 bits per heavy atom. The number of benzene rings is 1. The van der Waals surface area contributed by atoms with Crippen molar-refractivity contribution in [2.24, 2.45) is 0 Å². The van der Waals surface area contributed by atoms with E-state index in [9.17, 15) is 0 Å². The van der Waals surface area contributed by atoms with E-state index >= 15 is 0 Å². The summed E-state index contributed by atoms with van der Waals surface area (Å²) >= 11 is 0. The first-order chi connectivity index (χ1) is 9.79. The number of para-hydroxylation sites is 1. The van der Waals surface area contributed by atoms with Crippen LogP contribution >= 0.6 is 0 Å². The summed E-state index contributed by atoms with van der Waals surface area (Å²) < 4.78 is 5.57. The number of aliphatic hydroxyl groups is 1. The van der Waals surface area contributed by atoms with Gasteiger partial charge in [0.1, 0.15) is 12.4 Å². The van der Waals surface area contributed by atoms with Crippen LogP contribution in [-0.4, -0.2) is 67.9 Å². The smallest absolute Gasteiger partial charge is 0.122 e. The number of hydrogen-bond donors (Lipinski definition) is 1. The molecule has 1 saturated heterocycles. The number of hydrogen-bond acceptors (Lipinski definition) is 4. The largest absolute Gasteiger partial charge is 0.491 e. The van der Waals surface area contributed by atoms with Gasteiger partial charge < -0.3 is 19.6 Å². The SMILES string of the molecule is CN1CCN(CCCc2ccccc2OCCO)CC1. The quantitative estimate of drug-likeness (QED) is 0.814. The van der Waals surface area contributed by atoms with Crippen molar-refractivity contribution in [1.82, 2.24) is 9.80 Å². The summed E-state index contributed by atoms with van der Waals surface area (Å²) in [5, 5.41) is 8.85. The van der Waals surface area contributed by atoms with E-state index in [-0.39, 0.29) is 6.61 Å². The Labute approximate surface area is 122 Å². The second kappa shape index (κ2) is 8.25. The lowest BCUT2D eigenvalue weighted by Gasteiger charge is -2.32. The third-order valence-electron chi connectivity index (χ3n) is 3.84. The Hall–Kier alpha value is -1.10. The number of aliphatic hydroxyl groups excluding tert-OH is 1. The molecule has 1 aliphatic heterocycles. The van der Waals surface area contributed by atoms with Crippen LogP contribution in [0.25, 0.3) is 0 Å². The van der Waals surface area contributed by atoms with Crippen molar-refractivity contribution in [3.63, 3.8) is 0 Å². The average molecular weight is 278 g/mol. The van der Waals surface area contributed by atoms with Crippen LogP contribution in [0.4, 0.5) is 0 Å². The number of aryl methyl sites for hydroxylation is 1. The molecule has 1 fully saturated rings. The highest BCUT2D eigenvalue weighted by Gasteiger charge is 2.13. The average Bonchev–Trinajstić information content (AvgIpc) is 2.48. The number of nitrogens with zero attached hydrogens (tertiary/aromatic N) is 2. The Kier molecular flexibility index (Phi) is 6.30. The fourth-order valence-corrected chi connectivity index (χ4v) is 2.57. The van der Waals surface area contributed by atoms with E-state index in [1.54, 1.807) is 0 Å². The van der Waals surface area contributed by atoms with E-state index in [2.05, 4.69) is 29.0 Å². The first-order valence-corrected chi connectivity index (χ1v) is 7.52. The molecule has 0 aliphatic carbocycles. The molecule has 0 atom stereocenters. The maximum absolute atomic E-state index is 8.85. The zero-order valence-corrected chi connectivity index (χ0v) is 12.4. The summed E-state index contributed by atoms with van der Waals surface area (Å²) in [4.78, 5) is 4.92. The summed E-state index contributed by atoms with van der Waals surface area (Å²) in [5.41, 5.74) is 1.25. The summed E-state index contributed by atoms with van der Waals surface area (Å²) in [5.74, 6) is 0.917. The molecule has 0 saturated carbocycles. The monoisotopic (exact) mass is 278 g/mol. The highest BCUT2D eigenvalue weighted by Crippen LogP contribution is 2.19. The fraction of sp³-hybridized carbons (Fsp3) is 0.625. The van der Waals surface area contributed by atoms with Crippen molar-refractivity contribution in [3.05, 3.63) is 29.8 Å². The van der Waals surface area contributed by atoms with Gasteiger partial charge in [-0.2, -0.15) is 0 Å². The summed E-state index contributed by atoms with van der Waals surface area (Å²) in [6, 6.07) is 8.14. The van der Waals surface area contributed by atoms with Crippen LogP contribution in [-0.2, 0) is 6.42 Å². The van der Waals surface area contributed by atoms with Gasteiger partial charge in [0.2, 0.25) is 0 Å². The van der Waals surface area contributed by atoms with Gasteiger partial charge in [0.25, 0.3) is 0 Å². The molecular formula is C16H26N2O2. The van der Waals surface area contributed by atoms with E-state index in [1.807, 2.05) is 12.1 Å². The van der Waals surface area contributed by atoms with E-state index < -0.39 is 0 Å². The maximum atomic E-state index is 8.85. The van der Waals surface area contributed by atoms with Crippen LogP contribution in [0, 0.1) is 0 Å². The molecule has 1 aromatic rings. The lowest BCUT2D eigenvalue weighted by atomic mass is 10.1. The molecular weight excluding hydrogens is 252 g/mol. The van der Waals surface area contributed by atoms with Crippen molar-refractivity contribution >= 4 is 0 Å². The van der Waals surface area contributed by atoms with Gasteiger partial charge in [0, 0.05) is 26.2 Å². The number of ether oxygens (including phenoxy) is 1. The standard InChI is InChI=1S/C16H26N2O2/c1-17-9-11-18(12-10-17)8-4-6-15-5-2-3-7-16(15)20-14-13-19/h2-3,5,7,19H,4,6,8-14H2,1H3. The van der Waals surface area contributed by atoms with Crippen LogP contribution in [0.3, 0.4) is 0 Å². The first kappa shape index (κ1) is 15.3. The minimum absolute atomic E-state index is 0.0651. The van der Waals surface area contributed by atoms with Crippen LogP contribution < -0.4 is 4.74 Å². The molecule has 0 unspecified atom stereocenters. The Balaban J connectivity index is 1.76. The first-order valence-electron chi connectivity index (χ1n) is 7.52. The molecule has 0 aromatic heterocycles. The van der Waals surface area contributed by atoms with Crippen molar-refractivity contribution in [2.75, 3.05) is 53.0 Å². The van der Waals surface area contributed by atoms with E-state index in [1.165, 1.54) is 31.7 Å². The highest BCUT2D eigenvalue weighted by atomic mass is 16.5. The Morgan fingerprint density at radius 3 is 2.65 bits per heavy atom. The molecule has 0 radical (unpaired) electrons. The molecule has 0 bridgehead atoms. The van der Waals surface area contributed by atoms with Crippen molar-refractivity contribution in [3.8, 4) is 5.75 Å². The minimum Gasteiger partial charge on any atom is -0.491 e. The molecule has 112 valence electrons. The van der Waals surface area contributed by atoms with Crippen molar-refractivity contribution < 1.29 is 9.84 Å². The zero-order chi connectivity index (χ0) is 14.2. The van der Waals surface area contributed by atoms with Gasteiger partial charge in [-0.1, -0.05) is 18.2 Å². The third-order valence-corrected chi connectivity index (χ3v) is 3.84. The predicted molar refractivity (Wildman–Crippen MR) is 81.3 cm³/mol. The minimum atomic E-state index is 0.0651. The van der Waals surface area contributed by atoms with Crippen LogP contribution in [0.1, 0.15) is 12.0 Å². The third kappa shape index (κ3) is 4.78. The van der Waals surface area contributed by atoms with Crippen molar-refractivity contribution in [2.45, 2.75) is 12.8 Å². The molecule has 20 heavy (non-hydrogen) atoms. The number of rotatable bonds is 7. The van der Waals surface area contributed by atoms with E-state index in [4.69, 9.17) is 9.84 Å². The van der Waals surface area contributed by atoms with Gasteiger partial charge >= 0.3 is 0 Å². The van der Waals surface area contributed by atoms with Gasteiger partial charge in [-0.05, 0) is 38.1 Å². The summed E-state index contributed by atoms with van der Waals surface area (Å²) in [6.45, 7) is 6.30. The van der Waals surface area contributed by atoms with Crippen LogP contribution in [0.15, 0.2) is 24.3 Å². The fourth-order valence-electron chi connectivity index (χ4n) is 2.57. The summed E-state index contributed by atoms with van der Waals surface area (Å²) in [6.07, 6.45) is 2.19. The predicted octanol–water partition coefficient (Wildman–Crippen LogP) is 1.24. The molecule has 2 rings (SSSR count). The van der Waals surface area contributed by atoms with Crippen molar-refractivity contribution in [1.29, 1.82) is 0 Å². The molecule has 1 N–H and O–H groups in total. The van der Waals surface area contributed by atoms with Gasteiger partial charge in [-0.3, -0.25) is 0 Å². The molecule has 1 heterocycles. The number of likely N-dealkylation sites (N-methyl/N-ethyl adjacent to an activating group) is 1. The zero-order valence-electron chi connectivity index (χ0n) is 12.4. The van der Waals surface area contributed by atoms with Gasteiger partial charge in [-0.25, -0.2) is 0 Å². The Morgan fingerprint density at radius 1 is 1.15 bits per heavy atom. The molecule has 0 spiro atoms. The molecule has 4 nitrogen and oxygen atoms in total. The van der Waals surface area contributed by atoms with Crippen LogP contribution in [0.5, 0.6) is 5.75 Å². The van der Waals surface area contributed by atoms with E-state index in [0.717, 1.165) is 25.1 Å². The van der Waals surface area contributed by atoms with Gasteiger partial charge in [-0.15, -0.1) is 0 Å². The normalized spacial score (nSPS) is 17.3.